The van der Waals surface area contributed by atoms with Crippen molar-refractivity contribution in [3.63, 3.8) is 0 Å². The molecule has 1 aromatic rings. The van der Waals surface area contributed by atoms with Gasteiger partial charge < -0.3 is 10.1 Å². The third kappa shape index (κ3) is 8.62. The van der Waals surface area contributed by atoms with Crippen molar-refractivity contribution in [2.24, 2.45) is 0 Å². The number of carbonyl (C=O) groups excluding carboxylic acids is 1. The highest BCUT2D eigenvalue weighted by Crippen LogP contribution is 2.26. The highest BCUT2D eigenvalue weighted by molar-refractivity contribution is 9.10. The Morgan fingerprint density at radius 2 is 1.63 bits per heavy atom. The minimum absolute atomic E-state index is 0.186. The fraction of sp³-hybridized carbons (Fsp3) is 0.632. The summed E-state index contributed by atoms with van der Waals surface area (Å²) < 4.78 is 33.5. The maximum absolute atomic E-state index is 12.5. The number of rotatable bonds is 5. The predicted octanol–water partition coefficient (Wildman–Crippen LogP) is 4.37. The van der Waals surface area contributed by atoms with Crippen LogP contribution in [0.15, 0.2) is 27.6 Å². The summed E-state index contributed by atoms with van der Waals surface area (Å²) in [6.07, 6.45) is 0.0111. The standard InChI is InChI=1S/C19H31BrN2O4S/c1-17(2,3)22-27(24,25)14-10-9-13(15(20)11-14)12-19(7,8)21-16(23)26-18(4,5)6/h9-11,22H,12H2,1-8H3,(H,21,23). The first kappa shape index (κ1) is 23.9. The summed E-state index contributed by atoms with van der Waals surface area (Å²) >= 11 is 3.45. The van der Waals surface area contributed by atoms with E-state index in [4.69, 9.17) is 4.74 Å². The van der Waals surface area contributed by atoms with E-state index in [2.05, 4.69) is 26.0 Å². The molecule has 0 atom stereocenters. The van der Waals surface area contributed by atoms with Crippen LogP contribution in [0.3, 0.4) is 0 Å². The summed E-state index contributed by atoms with van der Waals surface area (Å²) in [6.45, 7) is 14.6. The van der Waals surface area contributed by atoms with E-state index in [-0.39, 0.29) is 4.90 Å². The van der Waals surface area contributed by atoms with Crippen molar-refractivity contribution in [3.05, 3.63) is 28.2 Å². The third-order valence-corrected chi connectivity index (χ3v) is 5.74. The first-order valence-electron chi connectivity index (χ1n) is 8.74. The van der Waals surface area contributed by atoms with Crippen LogP contribution in [-0.4, -0.2) is 31.2 Å². The van der Waals surface area contributed by atoms with Gasteiger partial charge in [-0.25, -0.2) is 17.9 Å². The molecular weight excluding hydrogens is 432 g/mol. The molecule has 0 saturated heterocycles. The van der Waals surface area contributed by atoms with Gasteiger partial charge in [-0.15, -0.1) is 0 Å². The molecule has 0 saturated carbocycles. The number of alkyl carbamates (subject to hydrolysis) is 1. The third-order valence-electron chi connectivity index (χ3n) is 3.25. The molecule has 27 heavy (non-hydrogen) atoms. The Morgan fingerprint density at radius 1 is 1.07 bits per heavy atom. The molecular formula is C19H31BrN2O4S. The van der Waals surface area contributed by atoms with E-state index in [9.17, 15) is 13.2 Å². The number of halogens is 1. The molecule has 0 radical (unpaired) electrons. The summed E-state index contributed by atoms with van der Waals surface area (Å²) in [5.74, 6) is 0. The molecule has 6 nitrogen and oxygen atoms in total. The predicted molar refractivity (Wildman–Crippen MR) is 111 cm³/mol. The zero-order valence-corrected chi connectivity index (χ0v) is 19.8. The van der Waals surface area contributed by atoms with E-state index in [0.717, 1.165) is 5.56 Å². The average Bonchev–Trinajstić information content (AvgIpc) is 2.34. The van der Waals surface area contributed by atoms with Crippen LogP contribution in [0.1, 0.15) is 61.0 Å². The van der Waals surface area contributed by atoms with Crippen molar-refractivity contribution in [3.8, 4) is 0 Å². The summed E-state index contributed by atoms with van der Waals surface area (Å²) in [6, 6.07) is 4.89. The van der Waals surface area contributed by atoms with Crippen LogP contribution in [0.4, 0.5) is 4.79 Å². The summed E-state index contributed by atoms with van der Waals surface area (Å²) in [4.78, 5) is 12.2. The molecule has 0 fully saturated rings. The van der Waals surface area contributed by atoms with Crippen LogP contribution < -0.4 is 10.0 Å². The van der Waals surface area contributed by atoms with Gasteiger partial charge in [0.15, 0.2) is 0 Å². The van der Waals surface area contributed by atoms with Crippen LogP contribution in [-0.2, 0) is 21.2 Å². The van der Waals surface area contributed by atoms with Crippen molar-refractivity contribution in [1.82, 2.24) is 10.0 Å². The Hall–Kier alpha value is -1.12. The highest BCUT2D eigenvalue weighted by atomic mass is 79.9. The van der Waals surface area contributed by atoms with Crippen molar-refractivity contribution >= 4 is 32.0 Å². The van der Waals surface area contributed by atoms with Gasteiger partial charge in [0.2, 0.25) is 10.0 Å². The average molecular weight is 463 g/mol. The fourth-order valence-electron chi connectivity index (χ4n) is 2.40. The van der Waals surface area contributed by atoms with Crippen molar-refractivity contribution in [2.75, 3.05) is 0 Å². The van der Waals surface area contributed by atoms with Crippen LogP contribution in [0, 0.1) is 0 Å². The lowest BCUT2D eigenvalue weighted by Crippen LogP contribution is -2.47. The molecule has 0 unspecified atom stereocenters. The van der Waals surface area contributed by atoms with E-state index < -0.39 is 32.8 Å². The Labute approximate surface area is 171 Å². The number of benzene rings is 1. The molecule has 0 aliphatic carbocycles. The molecule has 0 bridgehead atoms. The number of sulfonamides is 1. The number of carbonyl (C=O) groups is 1. The van der Waals surface area contributed by atoms with Gasteiger partial charge in [0.05, 0.1) is 4.90 Å². The lowest BCUT2D eigenvalue weighted by Gasteiger charge is -2.29. The number of nitrogens with one attached hydrogen (secondary N) is 2. The maximum atomic E-state index is 12.5. The number of amides is 1. The van der Waals surface area contributed by atoms with Gasteiger partial charge in [0, 0.05) is 15.6 Å². The van der Waals surface area contributed by atoms with E-state index in [1.54, 1.807) is 59.7 Å². The zero-order valence-electron chi connectivity index (χ0n) is 17.4. The minimum Gasteiger partial charge on any atom is -0.444 e. The normalized spacial score (nSPS) is 13.4. The van der Waals surface area contributed by atoms with Crippen molar-refractivity contribution < 1.29 is 17.9 Å². The first-order valence-corrected chi connectivity index (χ1v) is 11.0. The minimum atomic E-state index is -3.61. The lowest BCUT2D eigenvalue weighted by atomic mass is 9.95. The fourth-order valence-corrected chi connectivity index (χ4v) is 4.52. The topological polar surface area (TPSA) is 84.5 Å². The van der Waals surface area contributed by atoms with E-state index in [1.807, 2.05) is 13.8 Å². The van der Waals surface area contributed by atoms with Crippen molar-refractivity contribution in [2.45, 2.75) is 83.4 Å². The summed E-state index contributed by atoms with van der Waals surface area (Å²) in [5.41, 5.74) is -0.833. The summed E-state index contributed by atoms with van der Waals surface area (Å²) in [7, 11) is -3.61. The molecule has 0 aliphatic heterocycles. The van der Waals surface area contributed by atoms with Crippen LogP contribution in [0.25, 0.3) is 0 Å². The smallest absolute Gasteiger partial charge is 0.408 e. The number of hydrogen-bond acceptors (Lipinski definition) is 4. The largest absolute Gasteiger partial charge is 0.444 e. The van der Waals surface area contributed by atoms with Gasteiger partial charge in [0.1, 0.15) is 5.60 Å². The lowest BCUT2D eigenvalue weighted by molar-refractivity contribution is 0.0472. The molecule has 154 valence electrons. The molecule has 0 aliphatic rings. The Morgan fingerprint density at radius 3 is 2.07 bits per heavy atom. The van der Waals surface area contributed by atoms with Crippen LogP contribution in [0.5, 0.6) is 0 Å². The van der Waals surface area contributed by atoms with E-state index >= 15 is 0 Å². The second-order valence-electron chi connectivity index (χ2n) is 9.30. The molecule has 1 amide bonds. The van der Waals surface area contributed by atoms with Gasteiger partial charge in [-0.1, -0.05) is 22.0 Å². The molecule has 0 heterocycles. The molecule has 2 N–H and O–H groups in total. The molecule has 8 heteroatoms. The van der Waals surface area contributed by atoms with Gasteiger partial charge >= 0.3 is 6.09 Å². The summed E-state index contributed by atoms with van der Waals surface area (Å²) in [5, 5.41) is 2.85. The van der Waals surface area contributed by atoms with E-state index in [1.165, 1.54) is 0 Å². The van der Waals surface area contributed by atoms with Crippen molar-refractivity contribution in [1.29, 1.82) is 0 Å². The SMILES string of the molecule is CC(C)(C)NS(=O)(=O)c1ccc(CC(C)(C)NC(=O)OC(C)(C)C)c(Br)c1. The maximum Gasteiger partial charge on any atom is 0.408 e. The number of ether oxygens (including phenoxy) is 1. The van der Waals surface area contributed by atoms with E-state index in [0.29, 0.717) is 10.9 Å². The molecule has 0 spiro atoms. The molecule has 1 rings (SSSR count). The first-order chi connectivity index (χ1) is 11.9. The second kappa shape index (κ2) is 8.09. The van der Waals surface area contributed by atoms with Gasteiger partial charge in [-0.05, 0) is 79.5 Å². The second-order valence-corrected chi connectivity index (χ2v) is 11.8. The number of hydrogen-bond donors (Lipinski definition) is 2. The van der Waals surface area contributed by atoms with Crippen LogP contribution in [0.2, 0.25) is 0 Å². The Bertz CT molecular complexity index is 791. The Balaban J connectivity index is 2.95. The Kier molecular flexibility index (Phi) is 7.17. The van der Waals surface area contributed by atoms with Gasteiger partial charge in [-0.3, -0.25) is 0 Å². The zero-order chi connectivity index (χ0) is 21.3. The van der Waals surface area contributed by atoms with Gasteiger partial charge in [0.25, 0.3) is 0 Å². The molecule has 0 aromatic heterocycles. The molecule has 1 aromatic carbocycles. The highest BCUT2D eigenvalue weighted by Gasteiger charge is 2.27. The van der Waals surface area contributed by atoms with Gasteiger partial charge in [-0.2, -0.15) is 0 Å². The quantitative estimate of drug-likeness (QED) is 0.679. The van der Waals surface area contributed by atoms with Crippen LogP contribution >= 0.6 is 15.9 Å². The monoisotopic (exact) mass is 462 g/mol.